The second-order valence-corrected chi connectivity index (χ2v) is 3.70. The Morgan fingerprint density at radius 2 is 1.83 bits per heavy atom. The predicted octanol–water partition coefficient (Wildman–Crippen LogP) is 1.17. The van der Waals surface area contributed by atoms with Crippen LogP contribution in [0.4, 0.5) is 0 Å². The molecule has 0 saturated heterocycles. The van der Waals surface area contributed by atoms with Gasteiger partial charge < -0.3 is 10.7 Å². The number of rotatable bonds is 2. The van der Waals surface area contributed by atoms with E-state index in [4.69, 9.17) is 11.6 Å². The van der Waals surface area contributed by atoms with E-state index in [0.717, 1.165) is 5.92 Å². The summed E-state index contributed by atoms with van der Waals surface area (Å²) in [4.78, 5) is 0. The van der Waals surface area contributed by atoms with Crippen LogP contribution in [0.25, 0.3) is 0 Å². The molecule has 1 rings (SSSR count). The van der Waals surface area contributed by atoms with E-state index in [1.54, 1.807) is 11.2 Å². The Morgan fingerprint density at radius 1 is 1.25 bits per heavy atom. The second kappa shape index (κ2) is 4.36. The lowest BCUT2D eigenvalue weighted by Crippen LogP contribution is -2.39. The van der Waals surface area contributed by atoms with Crippen LogP contribution in [0.2, 0.25) is 0 Å². The number of hydrogen-bond acceptors (Lipinski definition) is 3. The Bertz CT molecular complexity index is 148. The quantitative estimate of drug-likeness (QED) is 0.482. The molecule has 12 heavy (non-hydrogen) atoms. The van der Waals surface area contributed by atoms with E-state index in [-0.39, 0.29) is 0 Å². The first-order valence-electron chi connectivity index (χ1n) is 4.65. The van der Waals surface area contributed by atoms with Crippen molar-refractivity contribution in [1.29, 1.82) is 0 Å². The maximum absolute atomic E-state index is 5.77. The van der Waals surface area contributed by atoms with E-state index in [1.807, 2.05) is 0 Å². The summed E-state index contributed by atoms with van der Waals surface area (Å²) in [6.45, 7) is 2.30. The van der Waals surface area contributed by atoms with Gasteiger partial charge in [0.05, 0.1) is 0 Å². The largest absolute Gasteiger partial charge is 0.403 e. The third-order valence-electron chi connectivity index (χ3n) is 2.67. The first kappa shape index (κ1) is 9.39. The molecule has 0 aromatic rings. The van der Waals surface area contributed by atoms with Gasteiger partial charge in [0, 0.05) is 18.4 Å². The van der Waals surface area contributed by atoms with Crippen LogP contribution in [0, 0.1) is 5.92 Å². The van der Waals surface area contributed by atoms with Gasteiger partial charge >= 0.3 is 0 Å². The van der Waals surface area contributed by atoms with Crippen LogP contribution in [-0.4, -0.2) is 11.1 Å². The zero-order valence-corrected chi connectivity index (χ0v) is 7.74. The van der Waals surface area contributed by atoms with Crippen molar-refractivity contribution in [2.24, 2.45) is 17.5 Å². The van der Waals surface area contributed by atoms with Crippen molar-refractivity contribution in [3.05, 3.63) is 12.4 Å². The fourth-order valence-corrected chi connectivity index (χ4v) is 1.76. The fourth-order valence-electron chi connectivity index (χ4n) is 1.76. The molecule has 0 spiro atoms. The van der Waals surface area contributed by atoms with Crippen molar-refractivity contribution in [2.45, 2.75) is 38.6 Å². The molecule has 0 aromatic heterocycles. The van der Waals surface area contributed by atoms with Gasteiger partial charge in [-0.1, -0.05) is 6.92 Å². The Balaban J connectivity index is 2.33. The number of nitrogens with two attached hydrogens (primary N) is 2. The molecule has 0 bridgehead atoms. The minimum absolute atomic E-state index is 0.501. The minimum Gasteiger partial charge on any atom is -0.403 e. The van der Waals surface area contributed by atoms with Crippen molar-refractivity contribution in [3.8, 4) is 0 Å². The standard InChI is InChI=1S/C9H19N3/c1-8-2-4-9(5-3-8)12(11)7-6-10/h6-9H,2-5,10-11H2,1H3/b7-6-. The van der Waals surface area contributed by atoms with Gasteiger partial charge in [-0.3, -0.25) is 0 Å². The van der Waals surface area contributed by atoms with Gasteiger partial charge in [0.2, 0.25) is 0 Å². The van der Waals surface area contributed by atoms with Gasteiger partial charge in [0.1, 0.15) is 0 Å². The summed E-state index contributed by atoms with van der Waals surface area (Å²) in [7, 11) is 0. The number of hydrazine groups is 1. The molecule has 1 aliphatic rings. The van der Waals surface area contributed by atoms with Crippen LogP contribution in [0.15, 0.2) is 12.4 Å². The van der Waals surface area contributed by atoms with Crippen LogP contribution in [0.5, 0.6) is 0 Å². The summed E-state index contributed by atoms with van der Waals surface area (Å²) in [5, 5.41) is 1.74. The summed E-state index contributed by atoms with van der Waals surface area (Å²) in [6, 6.07) is 0.501. The first-order chi connectivity index (χ1) is 5.74. The zero-order chi connectivity index (χ0) is 8.97. The molecule has 0 unspecified atom stereocenters. The normalized spacial score (nSPS) is 30.8. The van der Waals surface area contributed by atoms with Gasteiger partial charge in [0.15, 0.2) is 0 Å². The predicted molar refractivity (Wildman–Crippen MR) is 50.8 cm³/mol. The lowest BCUT2D eigenvalue weighted by atomic mass is 9.87. The van der Waals surface area contributed by atoms with Crippen molar-refractivity contribution in [2.75, 3.05) is 0 Å². The van der Waals surface area contributed by atoms with Gasteiger partial charge in [-0.2, -0.15) is 0 Å². The van der Waals surface area contributed by atoms with Gasteiger partial charge in [-0.15, -0.1) is 0 Å². The second-order valence-electron chi connectivity index (χ2n) is 3.70. The average molecular weight is 169 g/mol. The topological polar surface area (TPSA) is 55.3 Å². The van der Waals surface area contributed by atoms with Crippen LogP contribution in [-0.2, 0) is 0 Å². The molecule has 3 heteroatoms. The highest BCUT2D eigenvalue weighted by atomic mass is 15.4. The van der Waals surface area contributed by atoms with Gasteiger partial charge in [-0.25, -0.2) is 5.84 Å². The Kier molecular flexibility index (Phi) is 3.41. The number of hydrogen-bond donors (Lipinski definition) is 2. The molecule has 0 heterocycles. The molecule has 1 fully saturated rings. The van der Waals surface area contributed by atoms with E-state index in [9.17, 15) is 0 Å². The van der Waals surface area contributed by atoms with Crippen molar-refractivity contribution in [1.82, 2.24) is 5.01 Å². The van der Waals surface area contributed by atoms with Crippen molar-refractivity contribution < 1.29 is 0 Å². The molecular weight excluding hydrogens is 150 g/mol. The number of nitrogens with zero attached hydrogens (tertiary/aromatic N) is 1. The van der Waals surface area contributed by atoms with E-state index in [0.29, 0.717) is 6.04 Å². The third-order valence-corrected chi connectivity index (χ3v) is 2.67. The highest BCUT2D eigenvalue weighted by Gasteiger charge is 2.20. The molecule has 0 radical (unpaired) electrons. The smallest absolute Gasteiger partial charge is 0.0446 e. The Labute approximate surface area is 74.4 Å². The molecule has 1 aliphatic carbocycles. The summed E-state index contributed by atoms with van der Waals surface area (Å²) in [6.07, 6.45) is 8.22. The van der Waals surface area contributed by atoms with E-state index >= 15 is 0 Å². The molecule has 0 aliphatic heterocycles. The van der Waals surface area contributed by atoms with Crippen LogP contribution >= 0.6 is 0 Å². The van der Waals surface area contributed by atoms with Gasteiger partial charge in [0.25, 0.3) is 0 Å². The van der Waals surface area contributed by atoms with Crippen LogP contribution in [0.3, 0.4) is 0 Å². The molecule has 0 amide bonds. The van der Waals surface area contributed by atoms with E-state index in [1.165, 1.54) is 31.9 Å². The molecule has 3 nitrogen and oxygen atoms in total. The molecule has 0 atom stereocenters. The van der Waals surface area contributed by atoms with Crippen molar-refractivity contribution >= 4 is 0 Å². The highest BCUT2D eigenvalue weighted by molar-refractivity contribution is 4.83. The first-order valence-corrected chi connectivity index (χ1v) is 4.65. The van der Waals surface area contributed by atoms with E-state index in [2.05, 4.69) is 6.92 Å². The van der Waals surface area contributed by atoms with Crippen LogP contribution in [0.1, 0.15) is 32.6 Å². The average Bonchev–Trinajstić information content (AvgIpc) is 2.06. The summed E-state index contributed by atoms with van der Waals surface area (Å²) in [5.74, 6) is 6.64. The SMILES string of the molecule is CC1CCC(N(N)/C=C\N)CC1. The van der Waals surface area contributed by atoms with Crippen molar-refractivity contribution in [3.63, 3.8) is 0 Å². The summed E-state index contributed by atoms with van der Waals surface area (Å²) >= 11 is 0. The van der Waals surface area contributed by atoms with Gasteiger partial charge in [-0.05, 0) is 31.6 Å². The summed E-state index contributed by atoms with van der Waals surface area (Å²) in [5.41, 5.74) is 5.26. The molecule has 1 saturated carbocycles. The molecule has 70 valence electrons. The fraction of sp³-hybridized carbons (Fsp3) is 0.778. The molecule has 0 aromatic carbocycles. The maximum Gasteiger partial charge on any atom is 0.0446 e. The lowest BCUT2D eigenvalue weighted by molar-refractivity contribution is 0.195. The third kappa shape index (κ3) is 2.41. The van der Waals surface area contributed by atoms with E-state index < -0.39 is 0 Å². The minimum atomic E-state index is 0.501. The summed E-state index contributed by atoms with van der Waals surface area (Å²) < 4.78 is 0. The highest BCUT2D eigenvalue weighted by Crippen LogP contribution is 2.25. The molecule has 4 N–H and O–H groups in total. The Hall–Kier alpha value is -0.700. The lowest BCUT2D eigenvalue weighted by Gasteiger charge is -2.31. The van der Waals surface area contributed by atoms with Crippen LogP contribution < -0.4 is 11.6 Å². The zero-order valence-electron chi connectivity index (χ0n) is 7.74. The monoisotopic (exact) mass is 169 g/mol. The maximum atomic E-state index is 5.77. The Morgan fingerprint density at radius 3 is 2.33 bits per heavy atom. The molecular formula is C9H19N3.